The molecule has 0 radical (unpaired) electrons. The highest BCUT2D eigenvalue weighted by atomic mass is 35.5. The van der Waals surface area contributed by atoms with Gasteiger partial charge < -0.3 is 20.3 Å². The first-order chi connectivity index (χ1) is 10.7. The number of nitrogens with zero attached hydrogens (tertiary/aromatic N) is 2. The van der Waals surface area contributed by atoms with E-state index in [1.807, 2.05) is 24.3 Å². The van der Waals surface area contributed by atoms with Gasteiger partial charge in [-0.25, -0.2) is 0 Å². The molecule has 2 N–H and O–H groups in total. The molecule has 0 bridgehead atoms. The summed E-state index contributed by atoms with van der Waals surface area (Å²) in [5, 5.41) is 7.35. The molecule has 0 heterocycles. The largest absolute Gasteiger partial charge is 0.385 e. The topological polar surface area (TPSA) is 48.9 Å². The highest BCUT2D eigenvalue weighted by Gasteiger charge is 2.01. The summed E-state index contributed by atoms with van der Waals surface area (Å²) in [4.78, 5) is 6.50. The molecule has 1 aromatic rings. The van der Waals surface area contributed by atoms with E-state index in [2.05, 4.69) is 27.6 Å². The first kappa shape index (κ1) is 18.7. The summed E-state index contributed by atoms with van der Waals surface area (Å²) in [5.41, 5.74) is 1.17. The Labute approximate surface area is 138 Å². The van der Waals surface area contributed by atoms with Gasteiger partial charge in [-0.05, 0) is 31.2 Å². The molecular weight excluding hydrogens is 300 g/mol. The second-order valence-electron chi connectivity index (χ2n) is 5.13. The van der Waals surface area contributed by atoms with Crippen LogP contribution in [0.5, 0.6) is 0 Å². The van der Waals surface area contributed by atoms with Gasteiger partial charge in [0, 0.05) is 52.0 Å². The number of rotatable bonds is 9. The van der Waals surface area contributed by atoms with Gasteiger partial charge in [0.15, 0.2) is 5.96 Å². The van der Waals surface area contributed by atoms with Crippen molar-refractivity contribution in [2.24, 2.45) is 4.99 Å². The molecule has 0 spiro atoms. The standard InChI is InChI=1S/C16H27ClN4O/c1-18-16(19-9-11-21(2)10-4-12-22-3)20-13-14-5-7-15(17)8-6-14/h5-8H,4,9-13H2,1-3H3,(H2,18,19,20). The third-order valence-electron chi connectivity index (χ3n) is 3.27. The van der Waals surface area contributed by atoms with Crippen molar-refractivity contribution in [2.45, 2.75) is 13.0 Å². The molecule has 0 aliphatic carbocycles. The molecule has 0 aromatic heterocycles. The van der Waals surface area contributed by atoms with E-state index in [0.29, 0.717) is 0 Å². The first-order valence-electron chi connectivity index (χ1n) is 7.52. The van der Waals surface area contributed by atoms with Crippen LogP contribution in [0.15, 0.2) is 29.3 Å². The molecule has 1 aromatic carbocycles. The molecule has 0 fully saturated rings. The summed E-state index contributed by atoms with van der Waals surface area (Å²) in [6.45, 7) is 4.38. The Hall–Kier alpha value is -1.30. The Morgan fingerprint density at radius 1 is 1.23 bits per heavy atom. The zero-order valence-corrected chi connectivity index (χ0v) is 14.5. The minimum absolute atomic E-state index is 0.723. The molecule has 0 atom stereocenters. The van der Waals surface area contributed by atoms with Crippen LogP contribution in [0.2, 0.25) is 5.02 Å². The average Bonchev–Trinajstić information content (AvgIpc) is 2.52. The van der Waals surface area contributed by atoms with E-state index in [-0.39, 0.29) is 0 Å². The molecule has 0 aliphatic heterocycles. The van der Waals surface area contributed by atoms with Gasteiger partial charge in [0.25, 0.3) is 0 Å². The average molecular weight is 327 g/mol. The smallest absolute Gasteiger partial charge is 0.191 e. The maximum absolute atomic E-state index is 5.88. The normalized spacial score (nSPS) is 11.8. The fraction of sp³-hybridized carbons (Fsp3) is 0.562. The zero-order chi connectivity index (χ0) is 16.2. The lowest BCUT2D eigenvalue weighted by molar-refractivity contribution is 0.180. The number of hydrogen-bond donors (Lipinski definition) is 2. The summed E-state index contributed by atoms with van der Waals surface area (Å²) in [6, 6.07) is 7.80. The lowest BCUT2D eigenvalue weighted by atomic mass is 10.2. The summed E-state index contributed by atoms with van der Waals surface area (Å²) in [6.07, 6.45) is 1.05. The predicted octanol–water partition coefficient (Wildman–Crippen LogP) is 1.97. The Bertz CT molecular complexity index is 436. The lowest BCUT2D eigenvalue weighted by Gasteiger charge is -2.18. The molecule has 0 saturated heterocycles. The first-order valence-corrected chi connectivity index (χ1v) is 7.90. The number of benzene rings is 1. The number of aliphatic imine (C=N–C) groups is 1. The van der Waals surface area contributed by atoms with Crippen molar-refractivity contribution in [1.29, 1.82) is 0 Å². The molecule has 6 heteroatoms. The van der Waals surface area contributed by atoms with E-state index in [4.69, 9.17) is 16.3 Å². The Morgan fingerprint density at radius 2 is 1.95 bits per heavy atom. The highest BCUT2D eigenvalue weighted by Crippen LogP contribution is 2.08. The van der Waals surface area contributed by atoms with Crippen LogP contribution < -0.4 is 10.6 Å². The van der Waals surface area contributed by atoms with Crippen molar-refractivity contribution >= 4 is 17.6 Å². The second kappa shape index (κ2) is 11.3. The molecule has 22 heavy (non-hydrogen) atoms. The monoisotopic (exact) mass is 326 g/mol. The Balaban J connectivity index is 2.21. The van der Waals surface area contributed by atoms with Crippen molar-refractivity contribution in [2.75, 3.05) is 47.4 Å². The van der Waals surface area contributed by atoms with Gasteiger partial charge in [0.1, 0.15) is 0 Å². The maximum atomic E-state index is 5.88. The van der Waals surface area contributed by atoms with Crippen molar-refractivity contribution in [1.82, 2.24) is 15.5 Å². The summed E-state index contributed by atoms with van der Waals surface area (Å²) >= 11 is 5.88. The van der Waals surface area contributed by atoms with Crippen LogP contribution >= 0.6 is 11.6 Å². The molecule has 0 aliphatic rings. The van der Waals surface area contributed by atoms with E-state index in [1.165, 1.54) is 5.56 Å². The van der Waals surface area contributed by atoms with Gasteiger partial charge in [-0.2, -0.15) is 0 Å². The lowest BCUT2D eigenvalue weighted by Crippen LogP contribution is -2.40. The number of ether oxygens (including phenoxy) is 1. The van der Waals surface area contributed by atoms with Crippen LogP contribution in [0.1, 0.15) is 12.0 Å². The Kier molecular flexibility index (Phi) is 9.62. The van der Waals surface area contributed by atoms with Crippen LogP contribution in [-0.4, -0.2) is 58.3 Å². The molecule has 0 amide bonds. The highest BCUT2D eigenvalue weighted by molar-refractivity contribution is 6.30. The minimum Gasteiger partial charge on any atom is -0.385 e. The predicted molar refractivity (Wildman–Crippen MR) is 93.6 cm³/mol. The van der Waals surface area contributed by atoms with Crippen LogP contribution in [0.3, 0.4) is 0 Å². The number of hydrogen-bond acceptors (Lipinski definition) is 3. The molecule has 124 valence electrons. The maximum Gasteiger partial charge on any atom is 0.191 e. The van der Waals surface area contributed by atoms with E-state index < -0.39 is 0 Å². The van der Waals surface area contributed by atoms with Gasteiger partial charge in [-0.1, -0.05) is 23.7 Å². The van der Waals surface area contributed by atoms with Gasteiger partial charge >= 0.3 is 0 Å². The van der Waals surface area contributed by atoms with E-state index in [9.17, 15) is 0 Å². The number of likely N-dealkylation sites (N-methyl/N-ethyl adjacent to an activating group) is 1. The number of nitrogens with one attached hydrogen (secondary N) is 2. The zero-order valence-electron chi connectivity index (χ0n) is 13.7. The van der Waals surface area contributed by atoms with E-state index in [1.54, 1.807) is 14.2 Å². The number of halogens is 1. The van der Waals surface area contributed by atoms with Crippen LogP contribution in [0.25, 0.3) is 0 Å². The van der Waals surface area contributed by atoms with Gasteiger partial charge in [0.05, 0.1) is 0 Å². The van der Waals surface area contributed by atoms with Crippen LogP contribution in [0.4, 0.5) is 0 Å². The third-order valence-corrected chi connectivity index (χ3v) is 3.52. The van der Waals surface area contributed by atoms with Gasteiger partial charge in [-0.3, -0.25) is 4.99 Å². The van der Waals surface area contributed by atoms with Crippen LogP contribution in [-0.2, 0) is 11.3 Å². The number of methoxy groups -OCH3 is 1. The summed E-state index contributed by atoms with van der Waals surface area (Å²) < 4.78 is 5.05. The molecule has 1 rings (SSSR count). The summed E-state index contributed by atoms with van der Waals surface area (Å²) in [5.74, 6) is 0.806. The molecule has 0 unspecified atom stereocenters. The van der Waals surface area contributed by atoms with E-state index in [0.717, 1.165) is 50.2 Å². The van der Waals surface area contributed by atoms with Crippen molar-refractivity contribution in [3.8, 4) is 0 Å². The van der Waals surface area contributed by atoms with Crippen molar-refractivity contribution in [3.63, 3.8) is 0 Å². The SMILES string of the molecule is CN=C(NCCN(C)CCCOC)NCc1ccc(Cl)cc1. The molecule has 0 saturated carbocycles. The van der Waals surface area contributed by atoms with Gasteiger partial charge in [-0.15, -0.1) is 0 Å². The minimum atomic E-state index is 0.723. The molecule has 5 nitrogen and oxygen atoms in total. The Morgan fingerprint density at radius 3 is 2.59 bits per heavy atom. The van der Waals surface area contributed by atoms with Crippen LogP contribution in [0, 0.1) is 0 Å². The fourth-order valence-corrected chi connectivity index (χ4v) is 2.09. The van der Waals surface area contributed by atoms with Crippen molar-refractivity contribution < 1.29 is 4.74 Å². The number of guanidine groups is 1. The molecular formula is C16H27ClN4O. The second-order valence-corrected chi connectivity index (χ2v) is 5.57. The van der Waals surface area contributed by atoms with Crippen molar-refractivity contribution in [3.05, 3.63) is 34.9 Å². The van der Waals surface area contributed by atoms with Gasteiger partial charge in [0.2, 0.25) is 0 Å². The quantitative estimate of drug-likeness (QED) is 0.414. The summed E-state index contributed by atoms with van der Waals surface area (Å²) in [7, 11) is 5.62. The van der Waals surface area contributed by atoms with E-state index >= 15 is 0 Å². The fourth-order valence-electron chi connectivity index (χ4n) is 1.96. The third kappa shape index (κ3) is 8.22.